The van der Waals surface area contributed by atoms with Gasteiger partial charge in [0.15, 0.2) is 0 Å². The van der Waals surface area contributed by atoms with Crippen LogP contribution >= 0.6 is 23.1 Å². The average Bonchev–Trinajstić information content (AvgIpc) is 3.53. The zero-order valence-corrected chi connectivity index (χ0v) is 20.4. The predicted molar refractivity (Wildman–Crippen MR) is 132 cm³/mol. The van der Waals surface area contributed by atoms with Crippen LogP contribution in [0.1, 0.15) is 53.9 Å². The summed E-state index contributed by atoms with van der Waals surface area (Å²) in [6.45, 7) is 6.79. The standard InChI is InChI=1S/C25H33N3O2S2/c1-19-10-14-27(15-11-19)21(23-9-6-16-31-23)17-26-25(30)20-7-2-3-8-22(20)32-18-24(29)28-12-4-5-13-28/h2-3,6-9,16,19,21H,4-5,10-15,17-18H2,1H3,(H,26,30). The lowest BCUT2D eigenvalue weighted by atomic mass is 9.97. The minimum absolute atomic E-state index is 0.0614. The summed E-state index contributed by atoms with van der Waals surface area (Å²) in [5.41, 5.74) is 0.656. The minimum atomic E-state index is -0.0614. The number of carbonyl (C=O) groups is 2. The Labute approximate surface area is 199 Å². The van der Waals surface area contributed by atoms with Gasteiger partial charge in [0.2, 0.25) is 5.91 Å². The molecule has 0 aliphatic carbocycles. The van der Waals surface area contributed by atoms with Gasteiger partial charge in [-0.05, 0) is 68.3 Å². The van der Waals surface area contributed by atoms with E-state index >= 15 is 0 Å². The number of benzene rings is 1. The molecule has 2 amide bonds. The topological polar surface area (TPSA) is 52.7 Å². The summed E-state index contributed by atoms with van der Waals surface area (Å²) in [6.07, 6.45) is 4.61. The lowest BCUT2D eigenvalue weighted by Crippen LogP contribution is -2.41. The van der Waals surface area contributed by atoms with Crippen molar-refractivity contribution in [1.29, 1.82) is 0 Å². The summed E-state index contributed by atoms with van der Waals surface area (Å²) in [7, 11) is 0. The molecular weight excluding hydrogens is 438 g/mol. The maximum atomic E-state index is 13.1. The van der Waals surface area contributed by atoms with Crippen LogP contribution in [0.15, 0.2) is 46.7 Å². The van der Waals surface area contributed by atoms with Crippen molar-refractivity contribution < 1.29 is 9.59 Å². The van der Waals surface area contributed by atoms with Gasteiger partial charge in [0.05, 0.1) is 17.4 Å². The summed E-state index contributed by atoms with van der Waals surface area (Å²) >= 11 is 3.23. The maximum absolute atomic E-state index is 13.1. The van der Waals surface area contributed by atoms with Gasteiger partial charge in [0, 0.05) is 29.4 Å². The molecule has 2 aliphatic heterocycles. The van der Waals surface area contributed by atoms with Crippen molar-refractivity contribution in [3.63, 3.8) is 0 Å². The zero-order chi connectivity index (χ0) is 22.3. The summed E-state index contributed by atoms with van der Waals surface area (Å²) in [4.78, 5) is 32.2. The van der Waals surface area contributed by atoms with E-state index in [1.807, 2.05) is 29.2 Å². The number of carbonyl (C=O) groups excluding carboxylic acids is 2. The van der Waals surface area contributed by atoms with Crippen LogP contribution in [0.25, 0.3) is 0 Å². The second kappa shape index (κ2) is 11.3. The van der Waals surface area contributed by atoms with Crippen LogP contribution in [-0.2, 0) is 4.79 Å². The monoisotopic (exact) mass is 471 g/mol. The van der Waals surface area contributed by atoms with Crippen molar-refractivity contribution in [2.75, 3.05) is 38.5 Å². The number of nitrogens with zero attached hydrogens (tertiary/aromatic N) is 2. The smallest absolute Gasteiger partial charge is 0.252 e. The SMILES string of the molecule is CC1CCN(C(CNC(=O)c2ccccc2SCC(=O)N2CCCC2)c2cccs2)CC1. The first-order chi connectivity index (χ1) is 15.6. The van der Waals surface area contributed by atoms with E-state index in [2.05, 4.69) is 34.7 Å². The number of piperidine rings is 1. The van der Waals surface area contributed by atoms with Gasteiger partial charge in [-0.3, -0.25) is 14.5 Å². The summed E-state index contributed by atoms with van der Waals surface area (Å²) in [5.74, 6) is 1.26. The molecule has 1 unspecified atom stereocenters. The Morgan fingerprint density at radius 3 is 2.56 bits per heavy atom. The van der Waals surface area contributed by atoms with Crippen molar-refractivity contribution in [2.24, 2.45) is 5.92 Å². The van der Waals surface area contributed by atoms with E-state index < -0.39 is 0 Å². The summed E-state index contributed by atoms with van der Waals surface area (Å²) in [5, 5.41) is 5.31. The fourth-order valence-corrected chi connectivity index (χ4v) is 6.31. The number of hydrogen-bond donors (Lipinski definition) is 1. The van der Waals surface area contributed by atoms with Crippen molar-refractivity contribution >= 4 is 34.9 Å². The first-order valence-corrected chi connectivity index (χ1v) is 13.5. The van der Waals surface area contributed by atoms with Crippen molar-refractivity contribution in [1.82, 2.24) is 15.1 Å². The molecule has 172 valence electrons. The highest BCUT2D eigenvalue weighted by molar-refractivity contribution is 8.00. The van der Waals surface area contributed by atoms with Crippen LogP contribution in [0, 0.1) is 5.92 Å². The fourth-order valence-electron chi connectivity index (χ4n) is 4.49. The number of rotatable bonds is 8. The third-order valence-corrected chi connectivity index (χ3v) is 8.56. The average molecular weight is 472 g/mol. The molecule has 2 aromatic rings. The molecule has 0 saturated carbocycles. The van der Waals surface area contributed by atoms with Gasteiger partial charge >= 0.3 is 0 Å². The van der Waals surface area contributed by atoms with Crippen LogP contribution in [0.2, 0.25) is 0 Å². The van der Waals surface area contributed by atoms with Gasteiger partial charge in [0.1, 0.15) is 0 Å². The molecule has 2 fully saturated rings. The molecule has 1 aromatic heterocycles. The maximum Gasteiger partial charge on any atom is 0.252 e. The van der Waals surface area contributed by atoms with Crippen LogP contribution in [0.5, 0.6) is 0 Å². The first-order valence-electron chi connectivity index (χ1n) is 11.7. The Hall–Kier alpha value is -1.83. The summed E-state index contributed by atoms with van der Waals surface area (Å²) in [6, 6.07) is 12.1. The van der Waals surface area contributed by atoms with Gasteiger partial charge < -0.3 is 10.2 Å². The molecular formula is C25H33N3O2S2. The third kappa shape index (κ3) is 5.94. The van der Waals surface area contributed by atoms with Crippen LogP contribution in [-0.4, -0.2) is 60.1 Å². The van der Waals surface area contributed by atoms with Crippen molar-refractivity contribution in [3.05, 3.63) is 52.2 Å². The number of amides is 2. The summed E-state index contributed by atoms with van der Waals surface area (Å²) < 4.78 is 0. The second-order valence-corrected chi connectivity index (χ2v) is 10.8. The van der Waals surface area contributed by atoms with Gasteiger partial charge in [-0.1, -0.05) is 25.1 Å². The number of thiophene rings is 1. The van der Waals surface area contributed by atoms with Crippen LogP contribution in [0.3, 0.4) is 0 Å². The largest absolute Gasteiger partial charge is 0.350 e. The van der Waals surface area contributed by atoms with E-state index in [4.69, 9.17) is 0 Å². The highest BCUT2D eigenvalue weighted by Crippen LogP contribution is 2.29. The van der Waals surface area contributed by atoms with Gasteiger partial charge in [0.25, 0.3) is 5.91 Å². The fraction of sp³-hybridized carbons (Fsp3) is 0.520. The van der Waals surface area contributed by atoms with Crippen molar-refractivity contribution in [2.45, 2.75) is 43.5 Å². The molecule has 4 rings (SSSR count). The Morgan fingerprint density at radius 1 is 1.09 bits per heavy atom. The molecule has 2 saturated heterocycles. The van der Waals surface area contributed by atoms with E-state index in [0.717, 1.165) is 49.8 Å². The molecule has 3 heterocycles. The molecule has 0 radical (unpaired) electrons. The number of likely N-dealkylation sites (tertiary alicyclic amines) is 2. The number of thioether (sulfide) groups is 1. The molecule has 1 N–H and O–H groups in total. The Morgan fingerprint density at radius 2 is 1.84 bits per heavy atom. The second-order valence-electron chi connectivity index (χ2n) is 8.83. The van der Waals surface area contributed by atoms with E-state index in [1.54, 1.807) is 11.3 Å². The lowest BCUT2D eigenvalue weighted by Gasteiger charge is -2.36. The number of nitrogens with one attached hydrogen (secondary N) is 1. The number of hydrogen-bond acceptors (Lipinski definition) is 5. The quantitative estimate of drug-likeness (QED) is 0.569. The van der Waals surface area contributed by atoms with Crippen LogP contribution in [0.4, 0.5) is 0 Å². The molecule has 0 spiro atoms. The van der Waals surface area contributed by atoms with Gasteiger partial charge in [-0.15, -0.1) is 23.1 Å². The minimum Gasteiger partial charge on any atom is -0.350 e. The molecule has 5 nitrogen and oxygen atoms in total. The van der Waals surface area contributed by atoms with Crippen LogP contribution < -0.4 is 5.32 Å². The normalized spacial score (nSPS) is 18.6. The molecule has 1 aromatic carbocycles. The molecule has 32 heavy (non-hydrogen) atoms. The predicted octanol–water partition coefficient (Wildman–Crippen LogP) is 4.67. The highest BCUT2D eigenvalue weighted by Gasteiger charge is 2.26. The molecule has 7 heteroatoms. The highest BCUT2D eigenvalue weighted by atomic mass is 32.2. The lowest BCUT2D eigenvalue weighted by molar-refractivity contribution is -0.127. The Kier molecular flexibility index (Phi) is 8.27. The molecule has 1 atom stereocenters. The van der Waals surface area contributed by atoms with E-state index in [1.165, 1.54) is 29.5 Å². The molecule has 2 aliphatic rings. The molecule has 0 bridgehead atoms. The van der Waals surface area contributed by atoms with E-state index in [0.29, 0.717) is 17.9 Å². The van der Waals surface area contributed by atoms with Gasteiger partial charge in [-0.2, -0.15) is 0 Å². The Balaban J connectivity index is 1.38. The van der Waals surface area contributed by atoms with E-state index in [9.17, 15) is 9.59 Å². The van der Waals surface area contributed by atoms with E-state index in [-0.39, 0.29) is 17.9 Å². The third-order valence-electron chi connectivity index (χ3n) is 6.53. The first kappa shape index (κ1) is 23.3. The zero-order valence-electron chi connectivity index (χ0n) is 18.8. The van der Waals surface area contributed by atoms with Crippen molar-refractivity contribution in [3.8, 4) is 0 Å². The Bertz CT molecular complexity index is 888. The van der Waals surface area contributed by atoms with Gasteiger partial charge in [-0.25, -0.2) is 0 Å².